The molecular weight excluding hydrogens is 345 g/mol. The van der Waals surface area contributed by atoms with Crippen molar-refractivity contribution in [2.75, 3.05) is 5.32 Å². The summed E-state index contributed by atoms with van der Waals surface area (Å²) in [5.74, 6) is -3.24. The van der Waals surface area contributed by atoms with E-state index in [0.717, 1.165) is 18.2 Å². The van der Waals surface area contributed by atoms with Gasteiger partial charge in [0.25, 0.3) is 5.91 Å². The van der Waals surface area contributed by atoms with Crippen molar-refractivity contribution in [2.24, 2.45) is 0 Å². The van der Waals surface area contributed by atoms with Crippen molar-refractivity contribution in [1.82, 2.24) is 0 Å². The normalized spacial score (nSPS) is 10.2. The van der Waals surface area contributed by atoms with Crippen molar-refractivity contribution < 1.29 is 24.2 Å². The van der Waals surface area contributed by atoms with Crippen LogP contribution in [-0.4, -0.2) is 22.1 Å². The van der Waals surface area contributed by atoms with Gasteiger partial charge in [0.05, 0.1) is 16.8 Å². The number of carboxylic acid groups (broad SMARTS) is 1. The molecule has 0 fully saturated rings. The maximum Gasteiger partial charge on any atom is 0.337 e. The van der Waals surface area contributed by atoms with Gasteiger partial charge in [-0.05, 0) is 30.3 Å². The van der Waals surface area contributed by atoms with Crippen LogP contribution >= 0.6 is 15.9 Å². The summed E-state index contributed by atoms with van der Waals surface area (Å²) in [6.07, 6.45) is 0. The number of rotatable bonds is 3. The molecule has 0 unspecified atom stereocenters. The third kappa shape index (κ3) is 3.38. The fourth-order valence-electron chi connectivity index (χ4n) is 1.68. The van der Waals surface area contributed by atoms with Gasteiger partial charge >= 0.3 is 5.97 Å². The van der Waals surface area contributed by atoms with Crippen LogP contribution in [0.1, 0.15) is 20.7 Å². The first kappa shape index (κ1) is 15.0. The van der Waals surface area contributed by atoms with Crippen molar-refractivity contribution in [2.45, 2.75) is 0 Å². The quantitative estimate of drug-likeness (QED) is 0.790. The van der Waals surface area contributed by atoms with Crippen molar-refractivity contribution in [1.29, 1.82) is 0 Å². The van der Waals surface area contributed by atoms with Crippen LogP contribution < -0.4 is 5.32 Å². The van der Waals surface area contributed by atoms with E-state index in [4.69, 9.17) is 10.2 Å². The minimum absolute atomic E-state index is 0.0446. The number of phenolic OH excluding ortho intramolecular Hbond substituents is 1. The predicted molar refractivity (Wildman–Crippen MR) is 77.1 cm³/mol. The molecule has 0 aliphatic carbocycles. The molecule has 2 rings (SSSR count). The lowest BCUT2D eigenvalue weighted by Crippen LogP contribution is -2.16. The Kier molecular flexibility index (Phi) is 4.23. The SMILES string of the molecule is O=C(Nc1ccc(Br)cc1C(=O)O)c1ccc(O)cc1F. The molecule has 0 radical (unpaired) electrons. The van der Waals surface area contributed by atoms with Gasteiger partial charge in [-0.25, -0.2) is 9.18 Å². The molecule has 0 aliphatic heterocycles. The van der Waals surface area contributed by atoms with Crippen LogP contribution in [0, 0.1) is 5.82 Å². The van der Waals surface area contributed by atoms with E-state index in [2.05, 4.69) is 21.2 Å². The van der Waals surface area contributed by atoms with E-state index >= 15 is 0 Å². The summed E-state index contributed by atoms with van der Waals surface area (Å²) in [6.45, 7) is 0. The molecule has 0 atom stereocenters. The zero-order valence-electron chi connectivity index (χ0n) is 10.4. The summed E-state index contributed by atoms with van der Waals surface area (Å²) in [4.78, 5) is 23.1. The summed E-state index contributed by atoms with van der Waals surface area (Å²) in [5, 5.41) is 20.5. The van der Waals surface area contributed by atoms with Gasteiger partial charge < -0.3 is 15.5 Å². The molecule has 2 aromatic carbocycles. The molecular formula is C14H9BrFNO4. The van der Waals surface area contributed by atoms with Gasteiger partial charge in [-0.2, -0.15) is 0 Å². The summed E-state index contributed by atoms with van der Waals surface area (Å²) < 4.78 is 14.1. The largest absolute Gasteiger partial charge is 0.508 e. The number of carboxylic acids is 1. The number of carbonyl (C=O) groups is 2. The van der Waals surface area contributed by atoms with E-state index in [9.17, 15) is 14.0 Å². The molecule has 0 heterocycles. The Labute approximate surface area is 127 Å². The fraction of sp³-hybridized carbons (Fsp3) is 0. The molecule has 2 aromatic rings. The van der Waals surface area contributed by atoms with Gasteiger partial charge in [0, 0.05) is 10.5 Å². The molecule has 0 bridgehead atoms. The van der Waals surface area contributed by atoms with Crippen LogP contribution in [0.25, 0.3) is 0 Å². The topological polar surface area (TPSA) is 86.6 Å². The second-order valence-corrected chi connectivity index (χ2v) is 5.03. The highest BCUT2D eigenvalue weighted by Crippen LogP contribution is 2.23. The Bertz CT molecular complexity index is 733. The third-order valence-corrected chi connectivity index (χ3v) is 3.15. The van der Waals surface area contributed by atoms with Gasteiger partial charge in [0.15, 0.2) is 0 Å². The van der Waals surface area contributed by atoms with Crippen molar-refractivity contribution in [3.8, 4) is 5.75 Å². The molecule has 0 aromatic heterocycles. The monoisotopic (exact) mass is 353 g/mol. The fourth-order valence-corrected chi connectivity index (χ4v) is 2.04. The molecule has 0 aliphatic rings. The molecule has 7 heteroatoms. The number of phenols is 1. The Balaban J connectivity index is 2.34. The minimum Gasteiger partial charge on any atom is -0.508 e. The lowest BCUT2D eigenvalue weighted by atomic mass is 10.1. The van der Waals surface area contributed by atoms with E-state index in [1.807, 2.05) is 0 Å². The van der Waals surface area contributed by atoms with Crippen LogP contribution in [0.5, 0.6) is 5.75 Å². The number of aromatic hydroxyl groups is 1. The van der Waals surface area contributed by atoms with E-state index in [0.29, 0.717) is 4.47 Å². The number of hydrogen-bond donors (Lipinski definition) is 3. The zero-order chi connectivity index (χ0) is 15.6. The lowest BCUT2D eigenvalue weighted by Gasteiger charge is -2.09. The van der Waals surface area contributed by atoms with Gasteiger partial charge in [0.2, 0.25) is 0 Å². The Morgan fingerprint density at radius 3 is 2.43 bits per heavy atom. The number of carbonyl (C=O) groups excluding carboxylic acids is 1. The van der Waals surface area contributed by atoms with Crippen LogP contribution in [0.2, 0.25) is 0 Å². The van der Waals surface area contributed by atoms with Gasteiger partial charge in [-0.15, -0.1) is 0 Å². The second-order valence-electron chi connectivity index (χ2n) is 4.11. The Morgan fingerprint density at radius 1 is 1.10 bits per heavy atom. The molecule has 21 heavy (non-hydrogen) atoms. The van der Waals surface area contributed by atoms with Gasteiger partial charge in [0.1, 0.15) is 11.6 Å². The van der Waals surface area contributed by atoms with E-state index in [1.165, 1.54) is 12.1 Å². The number of benzene rings is 2. The molecule has 0 saturated carbocycles. The smallest absolute Gasteiger partial charge is 0.337 e. The molecule has 108 valence electrons. The van der Waals surface area contributed by atoms with Crippen LogP contribution in [0.4, 0.5) is 10.1 Å². The van der Waals surface area contributed by atoms with E-state index in [-0.39, 0.29) is 22.6 Å². The molecule has 0 saturated heterocycles. The summed E-state index contributed by atoms with van der Waals surface area (Å²) in [7, 11) is 0. The van der Waals surface area contributed by atoms with E-state index < -0.39 is 17.7 Å². The average molecular weight is 354 g/mol. The first-order chi connectivity index (χ1) is 9.88. The molecule has 1 amide bonds. The maximum atomic E-state index is 13.6. The van der Waals surface area contributed by atoms with E-state index in [1.54, 1.807) is 6.07 Å². The average Bonchev–Trinajstić information content (AvgIpc) is 2.40. The third-order valence-electron chi connectivity index (χ3n) is 2.66. The highest BCUT2D eigenvalue weighted by molar-refractivity contribution is 9.10. The zero-order valence-corrected chi connectivity index (χ0v) is 12.0. The summed E-state index contributed by atoms with van der Waals surface area (Å²) >= 11 is 3.13. The number of nitrogens with one attached hydrogen (secondary N) is 1. The first-order valence-electron chi connectivity index (χ1n) is 5.71. The highest BCUT2D eigenvalue weighted by atomic mass is 79.9. The van der Waals surface area contributed by atoms with Crippen molar-refractivity contribution in [3.63, 3.8) is 0 Å². The summed E-state index contributed by atoms with van der Waals surface area (Å²) in [5.41, 5.74) is -0.382. The van der Waals surface area contributed by atoms with Gasteiger partial charge in [-0.3, -0.25) is 4.79 Å². The van der Waals surface area contributed by atoms with Crippen molar-refractivity contribution in [3.05, 3.63) is 57.8 Å². The number of halogens is 2. The number of aromatic carboxylic acids is 1. The van der Waals surface area contributed by atoms with Gasteiger partial charge in [-0.1, -0.05) is 15.9 Å². The minimum atomic E-state index is -1.22. The molecule has 5 nitrogen and oxygen atoms in total. The number of anilines is 1. The molecule has 0 spiro atoms. The number of amides is 1. The maximum absolute atomic E-state index is 13.6. The second kappa shape index (κ2) is 5.92. The highest BCUT2D eigenvalue weighted by Gasteiger charge is 2.16. The predicted octanol–water partition coefficient (Wildman–Crippen LogP) is 3.24. The standard InChI is InChI=1S/C14H9BrFNO4/c15-7-1-4-12(10(5-7)14(20)21)17-13(19)9-3-2-8(18)6-11(9)16/h1-6,18H,(H,17,19)(H,20,21). The van der Waals surface area contributed by atoms with Crippen LogP contribution in [-0.2, 0) is 0 Å². The van der Waals surface area contributed by atoms with Crippen LogP contribution in [0.3, 0.4) is 0 Å². The Hall–Kier alpha value is -2.41. The lowest BCUT2D eigenvalue weighted by molar-refractivity contribution is 0.0698. The van der Waals surface area contributed by atoms with Crippen molar-refractivity contribution >= 4 is 33.5 Å². The van der Waals surface area contributed by atoms with Crippen LogP contribution in [0.15, 0.2) is 40.9 Å². The summed E-state index contributed by atoms with van der Waals surface area (Å²) in [6, 6.07) is 7.34. The Morgan fingerprint density at radius 2 is 1.81 bits per heavy atom. The molecule has 3 N–H and O–H groups in total. The number of hydrogen-bond acceptors (Lipinski definition) is 3. The first-order valence-corrected chi connectivity index (χ1v) is 6.50.